The monoisotopic (exact) mass is 884 g/mol. The molecule has 0 aliphatic rings. The van der Waals surface area contributed by atoms with Crippen molar-refractivity contribution in [3.63, 3.8) is 0 Å². The maximum Gasteiger partial charge on any atom is 0.343 e. The quantitative estimate of drug-likeness (QED) is 0.0816. The maximum atomic E-state index is 15.0. The first kappa shape index (κ1) is 46.5. The summed E-state index contributed by atoms with van der Waals surface area (Å²) in [5.41, 5.74) is -1.34. The fraction of sp³-hybridized carbons (Fsp3) is 0.289. The van der Waals surface area contributed by atoms with Crippen molar-refractivity contribution in [2.24, 2.45) is 11.8 Å². The van der Waals surface area contributed by atoms with Crippen LogP contribution in [0.5, 0.6) is 0 Å². The number of methoxy groups -OCH3 is 1. The van der Waals surface area contributed by atoms with Gasteiger partial charge >= 0.3 is 11.9 Å². The van der Waals surface area contributed by atoms with Crippen LogP contribution in [-0.4, -0.2) is 56.7 Å². The number of pyridine rings is 2. The Hall–Kier alpha value is -5.54. The Bertz CT molecular complexity index is 2770. The zero-order valence-electron chi connectivity index (χ0n) is 33.6. The average Bonchev–Trinajstić information content (AvgIpc) is 3.21. The van der Waals surface area contributed by atoms with Crippen LogP contribution in [0.1, 0.15) is 82.7 Å². The van der Waals surface area contributed by atoms with Crippen LogP contribution in [0.3, 0.4) is 0 Å². The molecule has 0 radical (unpaired) electrons. The normalized spacial score (nSPS) is 12.4. The summed E-state index contributed by atoms with van der Waals surface area (Å²) < 4.78 is 66.2. The Morgan fingerprint density at radius 2 is 1.05 bits per heavy atom. The van der Waals surface area contributed by atoms with E-state index in [9.17, 15) is 47.7 Å². The third-order valence-corrected chi connectivity index (χ3v) is 11.1. The fourth-order valence-corrected chi connectivity index (χ4v) is 7.47. The van der Waals surface area contributed by atoms with Crippen LogP contribution in [0.15, 0.2) is 82.6 Å². The summed E-state index contributed by atoms with van der Waals surface area (Å²) in [6.45, 7) is 6.74. The molecular formula is C45H42Cl2F4N2O8. The largest absolute Gasteiger partial charge is 0.477 e. The van der Waals surface area contributed by atoms with Crippen LogP contribution in [0.4, 0.5) is 17.6 Å². The lowest BCUT2D eigenvalue weighted by atomic mass is 9.99. The van der Waals surface area contributed by atoms with Crippen molar-refractivity contribution in [2.45, 2.75) is 52.6 Å². The van der Waals surface area contributed by atoms with Gasteiger partial charge < -0.3 is 29.2 Å². The summed E-state index contributed by atoms with van der Waals surface area (Å²) in [7, 11) is 1.15. The minimum absolute atomic E-state index is 0.0205. The van der Waals surface area contributed by atoms with Gasteiger partial charge in [0.05, 0.1) is 53.5 Å². The molecule has 0 spiro atoms. The third kappa shape index (κ3) is 9.68. The van der Waals surface area contributed by atoms with Crippen molar-refractivity contribution in [2.75, 3.05) is 20.3 Å². The Morgan fingerprint density at radius 1 is 0.656 bits per heavy atom. The van der Waals surface area contributed by atoms with Crippen LogP contribution in [0.2, 0.25) is 10.0 Å². The minimum atomic E-state index is -1.43. The number of rotatable bonds is 12. The summed E-state index contributed by atoms with van der Waals surface area (Å²) in [6, 6.07) is 12.5. The number of carboxylic acids is 1. The highest BCUT2D eigenvalue weighted by Gasteiger charge is 2.25. The Labute approximate surface area is 357 Å². The number of esters is 1. The van der Waals surface area contributed by atoms with E-state index >= 15 is 4.39 Å². The SMILES string of the molecule is CC(C)[C@@H](CO)n1cc(C(=O)O)c(=O)c2cc(Cc3cccc(Cl)c3F)c(F)cc21.COC(=O)c1cn([C@H](CO)C(C)C)c2cc(F)c(Cc3cccc(Cl)c3F)cc2c1=O. The number of nitrogens with zero attached hydrogens (tertiary/aromatic N) is 2. The summed E-state index contributed by atoms with van der Waals surface area (Å²) in [5, 5.41) is 29.0. The van der Waals surface area contributed by atoms with Crippen molar-refractivity contribution in [3.05, 3.63) is 160 Å². The number of benzene rings is 4. The topological polar surface area (TPSA) is 148 Å². The number of aliphatic hydroxyl groups is 2. The van der Waals surface area contributed by atoms with E-state index in [1.54, 1.807) is 6.07 Å². The molecule has 0 amide bonds. The summed E-state index contributed by atoms with van der Waals surface area (Å²) in [4.78, 5) is 49.6. The molecule has 2 aromatic heterocycles. The molecule has 2 atom stereocenters. The first-order valence-corrected chi connectivity index (χ1v) is 19.7. The van der Waals surface area contributed by atoms with E-state index in [1.807, 2.05) is 27.7 Å². The first-order valence-electron chi connectivity index (χ1n) is 19.0. The summed E-state index contributed by atoms with van der Waals surface area (Å²) >= 11 is 11.6. The van der Waals surface area contributed by atoms with E-state index in [0.717, 1.165) is 19.4 Å². The molecule has 0 bridgehead atoms. The number of carboxylic acid groups (broad SMARTS) is 1. The van der Waals surface area contributed by atoms with E-state index in [1.165, 1.54) is 63.9 Å². The minimum Gasteiger partial charge on any atom is -0.477 e. The Morgan fingerprint density at radius 3 is 1.41 bits per heavy atom. The number of ether oxygens (including phenoxy) is 1. The lowest BCUT2D eigenvalue weighted by Gasteiger charge is -2.25. The second-order valence-corrected chi connectivity index (χ2v) is 15.9. The van der Waals surface area contributed by atoms with Crippen molar-refractivity contribution in [3.8, 4) is 0 Å². The Balaban J connectivity index is 0.000000231. The van der Waals surface area contributed by atoms with Gasteiger partial charge in [0.2, 0.25) is 10.9 Å². The lowest BCUT2D eigenvalue weighted by Crippen LogP contribution is -2.26. The average molecular weight is 886 g/mol. The van der Waals surface area contributed by atoms with Gasteiger partial charge in [-0.05, 0) is 70.5 Å². The van der Waals surface area contributed by atoms with Crippen molar-refractivity contribution in [1.82, 2.24) is 9.13 Å². The third-order valence-electron chi connectivity index (χ3n) is 10.5. The molecule has 4 aromatic carbocycles. The summed E-state index contributed by atoms with van der Waals surface area (Å²) in [5.74, 6) is -5.14. The number of hydrogen-bond donors (Lipinski definition) is 3. The number of aromatic nitrogens is 2. The number of hydrogen-bond acceptors (Lipinski definition) is 7. The summed E-state index contributed by atoms with van der Waals surface area (Å²) in [6.07, 6.45) is 2.11. The number of aromatic carboxylic acids is 1. The van der Waals surface area contributed by atoms with E-state index in [4.69, 9.17) is 27.9 Å². The Kier molecular flexibility index (Phi) is 14.8. The molecule has 61 heavy (non-hydrogen) atoms. The number of aliphatic hydroxyl groups excluding tert-OH is 2. The number of halogens is 6. The van der Waals surface area contributed by atoms with Crippen LogP contribution in [0, 0.1) is 35.1 Å². The van der Waals surface area contributed by atoms with Gasteiger partial charge in [0.1, 0.15) is 34.4 Å². The molecule has 16 heteroatoms. The predicted molar refractivity (Wildman–Crippen MR) is 225 cm³/mol. The predicted octanol–water partition coefficient (Wildman–Crippen LogP) is 8.91. The van der Waals surface area contributed by atoms with Gasteiger partial charge in [0, 0.05) is 36.0 Å². The molecule has 0 aliphatic heterocycles. The van der Waals surface area contributed by atoms with Gasteiger partial charge in [-0.25, -0.2) is 27.2 Å². The highest BCUT2D eigenvalue weighted by atomic mass is 35.5. The molecule has 0 unspecified atom stereocenters. The van der Waals surface area contributed by atoms with Crippen LogP contribution in [0.25, 0.3) is 21.8 Å². The molecule has 3 N–H and O–H groups in total. The van der Waals surface area contributed by atoms with Gasteiger partial charge in [-0.3, -0.25) is 9.59 Å². The first-order chi connectivity index (χ1) is 28.8. The molecule has 6 rings (SSSR count). The van der Waals surface area contributed by atoms with E-state index in [2.05, 4.69) is 0 Å². The van der Waals surface area contributed by atoms with Crippen LogP contribution >= 0.6 is 23.2 Å². The van der Waals surface area contributed by atoms with E-state index in [-0.39, 0.29) is 97.6 Å². The van der Waals surface area contributed by atoms with Gasteiger partial charge in [-0.2, -0.15) is 0 Å². The standard InChI is InChI=1S/C23H22ClF2NO4.C22H20ClF2NO4/c1-12(2)20(11-28)27-10-16(23(30)31-3)22(29)15-8-14(18(25)9-19(15)27)7-13-5-4-6-17(24)21(13)26;1-11(2)19(10-27)26-9-15(22(29)30)21(28)14-7-13(17(24)8-18(14)26)6-12-4-3-5-16(23)20(12)25/h4-6,8-10,12,20,28H,7,11H2,1-3H3;3-5,7-9,11,19,27H,6,10H2,1-2H3,(H,29,30)/t20-;19-/m11/s1. The highest BCUT2D eigenvalue weighted by molar-refractivity contribution is 6.31. The number of carbonyl (C=O) groups excluding carboxylic acids is 1. The zero-order valence-corrected chi connectivity index (χ0v) is 35.1. The van der Waals surface area contributed by atoms with Crippen molar-refractivity contribution >= 4 is 56.9 Å². The second kappa shape index (κ2) is 19.4. The van der Waals surface area contributed by atoms with Gasteiger partial charge in [-0.15, -0.1) is 0 Å². The second-order valence-electron chi connectivity index (χ2n) is 15.0. The van der Waals surface area contributed by atoms with E-state index < -0.39 is 63.7 Å². The fourth-order valence-electron chi connectivity index (χ4n) is 7.08. The highest BCUT2D eigenvalue weighted by Crippen LogP contribution is 2.30. The van der Waals surface area contributed by atoms with Crippen molar-refractivity contribution in [1.29, 1.82) is 0 Å². The maximum absolute atomic E-state index is 15.0. The van der Waals surface area contributed by atoms with E-state index in [0.29, 0.717) is 0 Å². The molecule has 6 aromatic rings. The molecule has 2 heterocycles. The van der Waals surface area contributed by atoms with Gasteiger partial charge in [-0.1, -0.05) is 75.2 Å². The molecule has 0 saturated carbocycles. The molecular weight excluding hydrogens is 843 g/mol. The molecule has 0 saturated heterocycles. The lowest BCUT2D eigenvalue weighted by molar-refractivity contribution is 0.0596. The van der Waals surface area contributed by atoms with Gasteiger partial charge in [0.15, 0.2) is 0 Å². The molecule has 0 fully saturated rings. The van der Waals surface area contributed by atoms with Crippen LogP contribution < -0.4 is 10.9 Å². The molecule has 322 valence electrons. The number of fused-ring (bicyclic) bond motifs is 2. The molecule has 10 nitrogen and oxygen atoms in total. The van der Waals surface area contributed by atoms with Crippen molar-refractivity contribution < 1.29 is 47.2 Å². The van der Waals surface area contributed by atoms with Crippen LogP contribution in [-0.2, 0) is 17.6 Å². The molecule has 0 aliphatic carbocycles. The smallest absolute Gasteiger partial charge is 0.343 e. The number of carbonyl (C=O) groups is 2. The van der Waals surface area contributed by atoms with Gasteiger partial charge in [0.25, 0.3) is 0 Å². The zero-order chi connectivity index (χ0) is 45.0.